The number of amidine groups is 1. The zero-order chi connectivity index (χ0) is 14.8. The largest absolute Gasteiger partial charge is 0.363 e. The second-order valence-electron chi connectivity index (χ2n) is 5.82. The predicted molar refractivity (Wildman–Crippen MR) is 89.6 cm³/mol. The molecule has 1 aliphatic rings. The minimum Gasteiger partial charge on any atom is -0.363 e. The number of likely N-dealkylation sites (tertiary alicyclic amines) is 1. The van der Waals surface area contributed by atoms with E-state index in [9.17, 15) is 0 Å². The number of hydrogen-bond donors (Lipinski definition) is 0. The van der Waals surface area contributed by atoms with Gasteiger partial charge >= 0.3 is 0 Å². The first-order valence-electron chi connectivity index (χ1n) is 7.51. The molecule has 1 saturated heterocycles. The zero-order valence-electron chi connectivity index (χ0n) is 13.0. The van der Waals surface area contributed by atoms with Crippen molar-refractivity contribution in [1.29, 1.82) is 0 Å². The molecule has 0 radical (unpaired) electrons. The fraction of sp³-hybridized carbons (Fsp3) is 0.412. The second kappa shape index (κ2) is 5.72. The maximum atomic E-state index is 4.95. The van der Waals surface area contributed by atoms with E-state index in [-0.39, 0.29) is 0 Å². The lowest BCUT2D eigenvalue weighted by Gasteiger charge is -2.26. The van der Waals surface area contributed by atoms with Gasteiger partial charge in [-0.2, -0.15) is 0 Å². The summed E-state index contributed by atoms with van der Waals surface area (Å²) in [5.41, 5.74) is 2.02. The number of aromatic nitrogens is 1. The van der Waals surface area contributed by atoms with Crippen molar-refractivity contribution in [3.8, 4) is 0 Å². The lowest BCUT2D eigenvalue weighted by molar-refractivity contribution is 0.434. The quantitative estimate of drug-likeness (QED) is 0.845. The molecule has 1 aromatic heterocycles. The second-order valence-corrected chi connectivity index (χ2v) is 5.82. The third-order valence-corrected chi connectivity index (χ3v) is 3.97. The van der Waals surface area contributed by atoms with Crippen LogP contribution in [0.25, 0.3) is 10.9 Å². The summed E-state index contributed by atoms with van der Waals surface area (Å²) >= 11 is 0. The number of aliphatic imine (C=N–C) groups is 1. The Labute approximate surface area is 126 Å². The van der Waals surface area contributed by atoms with Gasteiger partial charge in [0, 0.05) is 45.6 Å². The molecule has 0 saturated carbocycles. The molecule has 3 rings (SSSR count). The molecule has 0 unspecified atom stereocenters. The third kappa shape index (κ3) is 2.84. The number of fused-ring (bicyclic) bond motifs is 1. The van der Waals surface area contributed by atoms with E-state index in [0.717, 1.165) is 35.4 Å². The van der Waals surface area contributed by atoms with Crippen LogP contribution >= 0.6 is 0 Å². The topological polar surface area (TPSA) is 31.7 Å². The number of piperidine rings is 1. The maximum absolute atomic E-state index is 4.95. The molecule has 110 valence electrons. The summed E-state index contributed by atoms with van der Waals surface area (Å²) in [6, 6.07) is 10.3. The molecule has 0 atom stereocenters. The van der Waals surface area contributed by atoms with E-state index in [1.54, 1.807) is 0 Å². The van der Waals surface area contributed by atoms with Crippen LogP contribution in [0.5, 0.6) is 0 Å². The lowest BCUT2D eigenvalue weighted by atomic mass is 10.1. The Hall–Kier alpha value is -2.10. The third-order valence-electron chi connectivity index (χ3n) is 3.97. The first kappa shape index (κ1) is 13.9. The van der Waals surface area contributed by atoms with Crippen molar-refractivity contribution in [2.45, 2.75) is 19.3 Å². The smallest absolute Gasteiger partial charge is 0.130 e. The van der Waals surface area contributed by atoms with Gasteiger partial charge < -0.3 is 9.80 Å². The van der Waals surface area contributed by atoms with Gasteiger partial charge in [0.2, 0.25) is 0 Å². The van der Waals surface area contributed by atoms with Crippen LogP contribution in [0.3, 0.4) is 0 Å². The van der Waals surface area contributed by atoms with E-state index < -0.39 is 0 Å². The van der Waals surface area contributed by atoms with E-state index in [1.807, 2.05) is 31.1 Å². The highest BCUT2D eigenvalue weighted by molar-refractivity contribution is 5.95. The first-order valence-corrected chi connectivity index (χ1v) is 7.51. The Morgan fingerprint density at radius 3 is 2.76 bits per heavy atom. The van der Waals surface area contributed by atoms with E-state index in [0.29, 0.717) is 0 Å². The Balaban J connectivity index is 2.13. The number of pyridine rings is 1. The molecular formula is C17H22N4. The molecule has 2 heterocycles. The number of benzene rings is 1. The molecule has 0 aliphatic carbocycles. The Morgan fingerprint density at radius 2 is 2.00 bits per heavy atom. The van der Waals surface area contributed by atoms with Crippen molar-refractivity contribution < 1.29 is 0 Å². The fourth-order valence-electron chi connectivity index (χ4n) is 2.70. The van der Waals surface area contributed by atoms with Gasteiger partial charge in [-0.25, -0.2) is 9.98 Å². The van der Waals surface area contributed by atoms with Gasteiger partial charge in [0.25, 0.3) is 0 Å². The van der Waals surface area contributed by atoms with Gasteiger partial charge in [0.05, 0.1) is 11.2 Å². The minimum absolute atomic E-state index is 0.950. The molecule has 0 spiro atoms. The van der Waals surface area contributed by atoms with E-state index in [4.69, 9.17) is 9.98 Å². The summed E-state index contributed by atoms with van der Waals surface area (Å²) in [5, 5.41) is 1.12. The van der Waals surface area contributed by atoms with E-state index >= 15 is 0 Å². The van der Waals surface area contributed by atoms with Crippen LogP contribution in [0.1, 0.15) is 19.3 Å². The molecule has 1 fully saturated rings. The average Bonchev–Trinajstić information content (AvgIpc) is 2.49. The van der Waals surface area contributed by atoms with Crippen LogP contribution in [0.15, 0.2) is 35.3 Å². The molecule has 0 amide bonds. The summed E-state index contributed by atoms with van der Waals surface area (Å²) < 4.78 is 0. The van der Waals surface area contributed by atoms with Crippen LogP contribution in [0, 0.1) is 0 Å². The summed E-state index contributed by atoms with van der Waals surface area (Å²) in [6.45, 7) is 1.10. The molecule has 1 aliphatic heterocycles. The number of para-hydroxylation sites is 1. The monoisotopic (exact) mass is 282 g/mol. The van der Waals surface area contributed by atoms with Gasteiger partial charge in [0.1, 0.15) is 11.7 Å². The predicted octanol–water partition coefficient (Wildman–Crippen LogP) is 3.45. The lowest BCUT2D eigenvalue weighted by Crippen LogP contribution is -2.31. The summed E-state index contributed by atoms with van der Waals surface area (Å²) in [7, 11) is 6.16. The number of hydrogen-bond acceptors (Lipinski definition) is 3. The van der Waals surface area contributed by atoms with E-state index in [2.05, 4.69) is 30.1 Å². The number of nitrogens with zero attached hydrogens (tertiary/aromatic N) is 4. The van der Waals surface area contributed by atoms with Crippen LogP contribution in [-0.4, -0.2) is 43.4 Å². The normalized spacial score (nSPS) is 17.5. The van der Waals surface area contributed by atoms with Crippen molar-refractivity contribution in [2.75, 3.05) is 32.6 Å². The number of anilines is 1. The van der Waals surface area contributed by atoms with Crippen molar-refractivity contribution >= 4 is 28.2 Å². The minimum atomic E-state index is 0.950. The van der Waals surface area contributed by atoms with Crippen LogP contribution in [0.4, 0.5) is 11.5 Å². The Bertz CT molecular complexity index is 676. The van der Waals surface area contributed by atoms with Crippen molar-refractivity contribution in [2.24, 2.45) is 4.99 Å². The molecular weight excluding hydrogens is 260 g/mol. The van der Waals surface area contributed by atoms with Crippen LogP contribution in [-0.2, 0) is 0 Å². The Kier molecular flexibility index (Phi) is 3.78. The van der Waals surface area contributed by atoms with Crippen LogP contribution in [0.2, 0.25) is 0 Å². The average molecular weight is 282 g/mol. The highest BCUT2D eigenvalue weighted by Crippen LogP contribution is 2.29. The molecule has 1 aromatic carbocycles. The molecule has 21 heavy (non-hydrogen) atoms. The zero-order valence-corrected chi connectivity index (χ0v) is 13.0. The molecule has 4 nitrogen and oxygen atoms in total. The van der Waals surface area contributed by atoms with Crippen LogP contribution < -0.4 is 4.90 Å². The van der Waals surface area contributed by atoms with Gasteiger partial charge in [-0.15, -0.1) is 0 Å². The number of rotatable bonds is 2. The van der Waals surface area contributed by atoms with Gasteiger partial charge in [0.15, 0.2) is 0 Å². The van der Waals surface area contributed by atoms with Gasteiger partial charge in [-0.3, -0.25) is 0 Å². The molecule has 4 heteroatoms. The first-order chi connectivity index (χ1) is 10.1. The molecule has 0 bridgehead atoms. The van der Waals surface area contributed by atoms with Crippen molar-refractivity contribution in [3.05, 3.63) is 30.3 Å². The highest BCUT2D eigenvalue weighted by Gasteiger charge is 2.14. The summed E-state index contributed by atoms with van der Waals surface area (Å²) in [6.07, 6.45) is 3.55. The van der Waals surface area contributed by atoms with Crippen molar-refractivity contribution in [3.63, 3.8) is 0 Å². The fourth-order valence-corrected chi connectivity index (χ4v) is 2.70. The molecule has 0 N–H and O–H groups in total. The summed E-state index contributed by atoms with van der Waals surface area (Å²) in [5.74, 6) is 2.13. The summed E-state index contributed by atoms with van der Waals surface area (Å²) in [4.78, 5) is 13.9. The maximum Gasteiger partial charge on any atom is 0.130 e. The standard InChI is InChI=1S/C17H22N4/c1-20(2)17-12-15(13-8-4-5-9-14(13)18-17)19-16-10-6-7-11-21(16)3/h4-5,8-9,12H,6-7,10-11H2,1-3H3. The SMILES string of the molecule is CN1CCCCC1=Nc1cc(N(C)C)nc2ccccc12. The van der Waals surface area contributed by atoms with Gasteiger partial charge in [-0.1, -0.05) is 18.2 Å². The van der Waals surface area contributed by atoms with Crippen molar-refractivity contribution in [1.82, 2.24) is 9.88 Å². The Morgan fingerprint density at radius 1 is 1.19 bits per heavy atom. The molecule has 2 aromatic rings. The van der Waals surface area contributed by atoms with E-state index in [1.165, 1.54) is 18.7 Å². The van der Waals surface area contributed by atoms with Gasteiger partial charge in [-0.05, 0) is 18.9 Å². The highest BCUT2D eigenvalue weighted by atomic mass is 15.2.